The third kappa shape index (κ3) is 6.40. The number of carbonyl (C=O) groups is 2. The number of rotatable bonds is 8. The highest BCUT2D eigenvalue weighted by Gasteiger charge is 2.29. The maximum atomic E-state index is 12.2. The van der Waals surface area contributed by atoms with Crippen molar-refractivity contribution in [1.29, 1.82) is 0 Å². The average molecular weight is 447 g/mol. The van der Waals surface area contributed by atoms with Gasteiger partial charge < -0.3 is 10.6 Å². The van der Waals surface area contributed by atoms with Crippen LogP contribution in [0.2, 0.25) is 0 Å². The van der Waals surface area contributed by atoms with E-state index in [9.17, 15) is 9.59 Å². The van der Waals surface area contributed by atoms with E-state index in [0.717, 1.165) is 39.2 Å². The summed E-state index contributed by atoms with van der Waals surface area (Å²) in [7, 11) is 0. The summed E-state index contributed by atoms with van der Waals surface area (Å²) < 4.78 is 1.05. The summed E-state index contributed by atoms with van der Waals surface area (Å²) in [6, 6.07) is 15.7. The molecule has 27 heavy (non-hydrogen) atoms. The van der Waals surface area contributed by atoms with E-state index < -0.39 is 0 Å². The van der Waals surface area contributed by atoms with Gasteiger partial charge in [0.25, 0.3) is 0 Å². The first kappa shape index (κ1) is 20.0. The molecule has 3 rings (SSSR count). The van der Waals surface area contributed by atoms with Gasteiger partial charge in [0.1, 0.15) is 0 Å². The molecule has 0 saturated heterocycles. The minimum Gasteiger partial charge on any atom is -0.350 e. The van der Waals surface area contributed by atoms with E-state index in [1.165, 1.54) is 0 Å². The molecule has 0 aliphatic heterocycles. The fourth-order valence-electron chi connectivity index (χ4n) is 2.63. The Balaban J connectivity index is 1.41. The van der Waals surface area contributed by atoms with Crippen molar-refractivity contribution in [2.45, 2.75) is 37.1 Å². The smallest absolute Gasteiger partial charge is 0.227 e. The molecule has 2 aromatic rings. The Labute approximate surface area is 172 Å². The summed E-state index contributed by atoms with van der Waals surface area (Å²) in [5.41, 5.74) is 1.83. The zero-order valence-corrected chi connectivity index (χ0v) is 17.6. The molecule has 0 radical (unpaired) electrons. The van der Waals surface area contributed by atoms with E-state index in [4.69, 9.17) is 0 Å². The number of hydrogen-bond acceptors (Lipinski definition) is 3. The largest absolute Gasteiger partial charge is 0.350 e. The summed E-state index contributed by atoms with van der Waals surface area (Å²) in [4.78, 5) is 25.1. The predicted molar refractivity (Wildman–Crippen MR) is 114 cm³/mol. The molecule has 0 aromatic heterocycles. The van der Waals surface area contributed by atoms with Crippen molar-refractivity contribution in [1.82, 2.24) is 5.32 Å². The first-order chi connectivity index (χ1) is 13.0. The van der Waals surface area contributed by atoms with Gasteiger partial charge >= 0.3 is 0 Å². The molecule has 142 valence electrons. The lowest BCUT2D eigenvalue weighted by molar-refractivity contribution is -0.121. The molecule has 0 bridgehead atoms. The van der Waals surface area contributed by atoms with E-state index in [1.807, 2.05) is 55.5 Å². The Morgan fingerprint density at radius 1 is 1.11 bits per heavy atom. The van der Waals surface area contributed by atoms with E-state index in [1.54, 1.807) is 11.8 Å². The van der Waals surface area contributed by atoms with Gasteiger partial charge in [-0.3, -0.25) is 9.59 Å². The van der Waals surface area contributed by atoms with Gasteiger partial charge in [-0.1, -0.05) is 28.1 Å². The molecule has 2 amide bonds. The van der Waals surface area contributed by atoms with Gasteiger partial charge in [-0.15, -0.1) is 11.8 Å². The Morgan fingerprint density at radius 2 is 1.78 bits per heavy atom. The Morgan fingerprint density at radius 3 is 2.41 bits per heavy atom. The van der Waals surface area contributed by atoms with Gasteiger partial charge in [0.2, 0.25) is 11.8 Å². The summed E-state index contributed by atoms with van der Waals surface area (Å²) in [5.74, 6) is 1.08. The van der Waals surface area contributed by atoms with Crippen LogP contribution in [0.4, 0.5) is 5.69 Å². The second kappa shape index (κ2) is 9.42. The van der Waals surface area contributed by atoms with Gasteiger partial charge in [0.15, 0.2) is 0 Å². The highest BCUT2D eigenvalue weighted by Crippen LogP contribution is 2.30. The SMILES string of the molecule is CC(NC(=O)CCSc1ccc(Br)cc1)c1ccc(NC(=O)C2CC2)cc1. The van der Waals surface area contributed by atoms with Crippen LogP contribution >= 0.6 is 27.7 Å². The molecule has 1 aliphatic rings. The lowest BCUT2D eigenvalue weighted by Crippen LogP contribution is -2.26. The van der Waals surface area contributed by atoms with Crippen molar-refractivity contribution in [2.75, 3.05) is 11.1 Å². The van der Waals surface area contributed by atoms with Crippen LogP contribution in [0.15, 0.2) is 57.9 Å². The molecule has 2 aromatic carbocycles. The summed E-state index contributed by atoms with van der Waals surface area (Å²) in [5, 5.41) is 5.96. The molecule has 6 heteroatoms. The average Bonchev–Trinajstić information content (AvgIpc) is 3.49. The number of halogens is 1. The van der Waals surface area contributed by atoms with Crippen LogP contribution in [0.25, 0.3) is 0 Å². The van der Waals surface area contributed by atoms with Crippen LogP contribution < -0.4 is 10.6 Å². The predicted octanol–water partition coefficient (Wildman–Crippen LogP) is 5.16. The van der Waals surface area contributed by atoms with Crippen molar-refractivity contribution in [2.24, 2.45) is 5.92 Å². The third-order valence-electron chi connectivity index (χ3n) is 4.42. The minimum atomic E-state index is -0.0663. The molecular formula is C21H23BrN2O2S. The third-order valence-corrected chi connectivity index (χ3v) is 5.96. The molecule has 1 unspecified atom stereocenters. The van der Waals surface area contributed by atoms with Crippen LogP contribution in [0.1, 0.15) is 37.8 Å². The Bertz CT molecular complexity index is 789. The van der Waals surface area contributed by atoms with Crippen LogP contribution in [0, 0.1) is 5.92 Å². The van der Waals surface area contributed by atoms with Gasteiger partial charge in [-0.25, -0.2) is 0 Å². The monoisotopic (exact) mass is 446 g/mol. The van der Waals surface area contributed by atoms with Gasteiger partial charge in [-0.05, 0) is 61.7 Å². The fourth-order valence-corrected chi connectivity index (χ4v) is 3.75. The first-order valence-corrected chi connectivity index (χ1v) is 10.9. The van der Waals surface area contributed by atoms with E-state index in [-0.39, 0.29) is 23.8 Å². The van der Waals surface area contributed by atoms with E-state index in [0.29, 0.717) is 6.42 Å². The Kier molecular flexibility index (Phi) is 6.96. The Hall–Kier alpha value is -1.79. The van der Waals surface area contributed by atoms with Gasteiger partial charge in [-0.2, -0.15) is 0 Å². The van der Waals surface area contributed by atoms with Gasteiger partial charge in [0.05, 0.1) is 6.04 Å². The summed E-state index contributed by atoms with van der Waals surface area (Å²) in [6.45, 7) is 1.97. The zero-order chi connectivity index (χ0) is 19.2. The number of benzene rings is 2. The lowest BCUT2D eigenvalue weighted by atomic mass is 10.1. The van der Waals surface area contributed by atoms with Gasteiger partial charge in [0, 0.05) is 33.1 Å². The first-order valence-electron chi connectivity index (χ1n) is 9.10. The molecule has 1 aliphatic carbocycles. The molecule has 0 heterocycles. The maximum absolute atomic E-state index is 12.2. The molecule has 0 spiro atoms. The van der Waals surface area contributed by atoms with Crippen LogP contribution in [-0.4, -0.2) is 17.6 Å². The topological polar surface area (TPSA) is 58.2 Å². The van der Waals surface area contributed by atoms with Crippen molar-refractivity contribution in [3.8, 4) is 0 Å². The fraction of sp³-hybridized carbons (Fsp3) is 0.333. The van der Waals surface area contributed by atoms with Crippen molar-refractivity contribution < 1.29 is 9.59 Å². The highest BCUT2D eigenvalue weighted by atomic mass is 79.9. The molecule has 2 N–H and O–H groups in total. The highest BCUT2D eigenvalue weighted by molar-refractivity contribution is 9.10. The molecular weight excluding hydrogens is 424 g/mol. The normalized spacial score (nSPS) is 14.4. The molecule has 1 saturated carbocycles. The van der Waals surface area contributed by atoms with E-state index >= 15 is 0 Å². The quantitative estimate of drug-likeness (QED) is 0.550. The maximum Gasteiger partial charge on any atom is 0.227 e. The van der Waals surface area contributed by atoms with Crippen molar-refractivity contribution >= 4 is 45.2 Å². The number of thioether (sulfide) groups is 1. The summed E-state index contributed by atoms with van der Waals surface area (Å²) >= 11 is 5.09. The van der Waals surface area contributed by atoms with Crippen LogP contribution in [-0.2, 0) is 9.59 Å². The van der Waals surface area contributed by atoms with E-state index in [2.05, 4.69) is 26.6 Å². The molecule has 1 fully saturated rings. The lowest BCUT2D eigenvalue weighted by Gasteiger charge is -2.15. The number of anilines is 1. The molecule has 4 nitrogen and oxygen atoms in total. The van der Waals surface area contributed by atoms with Crippen LogP contribution in [0.5, 0.6) is 0 Å². The minimum absolute atomic E-state index is 0.0400. The van der Waals surface area contributed by atoms with Crippen LogP contribution in [0.3, 0.4) is 0 Å². The summed E-state index contributed by atoms with van der Waals surface area (Å²) in [6.07, 6.45) is 2.46. The standard InChI is InChI=1S/C21H23BrN2O2S/c1-14(15-4-8-18(9-5-15)24-21(26)16-2-3-16)23-20(25)12-13-27-19-10-6-17(22)7-11-19/h4-11,14,16H,2-3,12-13H2,1H3,(H,23,25)(H,24,26). The van der Waals surface area contributed by atoms with Crippen molar-refractivity contribution in [3.63, 3.8) is 0 Å². The number of hydrogen-bond donors (Lipinski definition) is 2. The zero-order valence-electron chi connectivity index (χ0n) is 15.2. The number of nitrogens with one attached hydrogen (secondary N) is 2. The van der Waals surface area contributed by atoms with Crippen molar-refractivity contribution in [3.05, 3.63) is 58.6 Å². The second-order valence-electron chi connectivity index (χ2n) is 6.73. The number of carbonyl (C=O) groups excluding carboxylic acids is 2. The second-order valence-corrected chi connectivity index (χ2v) is 8.81. The number of amides is 2. The molecule has 1 atom stereocenters.